The summed E-state index contributed by atoms with van der Waals surface area (Å²) in [6, 6.07) is 9.82. The van der Waals surface area contributed by atoms with E-state index in [1.165, 1.54) is 36.0 Å². The number of rotatable bonds is 3. The van der Waals surface area contributed by atoms with Gasteiger partial charge in [0.1, 0.15) is 0 Å². The van der Waals surface area contributed by atoms with Gasteiger partial charge in [0.25, 0.3) is 0 Å². The Kier molecular flexibility index (Phi) is 4.19. The molecule has 1 aromatic rings. The highest BCUT2D eigenvalue weighted by Crippen LogP contribution is 2.20. The maximum Gasteiger partial charge on any atom is -0.0105 e. The van der Waals surface area contributed by atoms with Crippen molar-refractivity contribution < 1.29 is 0 Å². The molecule has 0 spiro atoms. The molecule has 17 heavy (non-hydrogen) atoms. The van der Waals surface area contributed by atoms with E-state index in [4.69, 9.17) is 0 Å². The zero-order valence-electron chi connectivity index (χ0n) is 10.9. The number of hydrogen-bond acceptors (Lipinski definition) is 0. The molecule has 0 saturated heterocycles. The lowest BCUT2D eigenvalue weighted by molar-refractivity contribution is 0.647. The minimum absolute atomic E-state index is 0.715. The summed E-state index contributed by atoms with van der Waals surface area (Å²) < 4.78 is 0. The Hall–Kier alpha value is -1.30. The van der Waals surface area contributed by atoms with Gasteiger partial charge in [0.15, 0.2) is 0 Å². The van der Waals surface area contributed by atoms with Crippen LogP contribution < -0.4 is 0 Å². The summed E-state index contributed by atoms with van der Waals surface area (Å²) in [6.07, 6.45) is 11.7. The molecule has 0 fully saturated rings. The second-order valence-electron chi connectivity index (χ2n) is 5.26. The van der Waals surface area contributed by atoms with Gasteiger partial charge in [-0.2, -0.15) is 0 Å². The molecule has 0 aliphatic heterocycles. The number of hydrogen-bond donors (Lipinski definition) is 0. The van der Waals surface area contributed by atoms with Gasteiger partial charge in [-0.3, -0.25) is 0 Å². The molecule has 0 unspecified atom stereocenters. The molecule has 0 bridgehead atoms. The van der Waals surface area contributed by atoms with Crippen LogP contribution in [-0.4, -0.2) is 0 Å². The third kappa shape index (κ3) is 3.89. The lowest BCUT2D eigenvalue weighted by Gasteiger charge is -2.08. The molecule has 0 aromatic heterocycles. The van der Waals surface area contributed by atoms with Crippen molar-refractivity contribution >= 4 is 6.08 Å². The minimum Gasteiger partial charge on any atom is -0.0843 e. The molecule has 0 saturated carbocycles. The second-order valence-corrected chi connectivity index (χ2v) is 5.26. The van der Waals surface area contributed by atoms with Crippen LogP contribution in [-0.2, 0) is 6.42 Å². The van der Waals surface area contributed by atoms with E-state index in [0.29, 0.717) is 5.92 Å². The average Bonchev–Trinajstić information content (AvgIpc) is 2.30. The van der Waals surface area contributed by atoms with Gasteiger partial charge in [-0.15, -0.1) is 0 Å². The van der Waals surface area contributed by atoms with Crippen molar-refractivity contribution in [3.8, 4) is 0 Å². The SMILES string of the molecule is CC(C)Cc1cc[c]c(C=C2C=CCCC2)c1. The second kappa shape index (κ2) is 5.86. The zero-order chi connectivity index (χ0) is 12.1. The smallest absolute Gasteiger partial charge is 0.0105 e. The van der Waals surface area contributed by atoms with E-state index < -0.39 is 0 Å². The van der Waals surface area contributed by atoms with Crippen LogP contribution >= 0.6 is 0 Å². The first-order chi connectivity index (χ1) is 8.24. The van der Waals surface area contributed by atoms with E-state index in [-0.39, 0.29) is 0 Å². The fourth-order valence-corrected chi connectivity index (χ4v) is 2.28. The molecule has 0 heteroatoms. The summed E-state index contributed by atoms with van der Waals surface area (Å²) >= 11 is 0. The van der Waals surface area contributed by atoms with Crippen molar-refractivity contribution in [3.05, 3.63) is 53.1 Å². The molecule has 1 aromatic carbocycles. The molecule has 89 valence electrons. The lowest BCUT2D eigenvalue weighted by Crippen LogP contribution is -1.94. The molecule has 0 N–H and O–H groups in total. The van der Waals surface area contributed by atoms with Crippen LogP contribution in [0.2, 0.25) is 0 Å². The molecule has 0 nitrogen and oxygen atoms in total. The molecule has 2 rings (SSSR count). The quantitative estimate of drug-likeness (QED) is 0.692. The van der Waals surface area contributed by atoms with Crippen molar-refractivity contribution in [3.63, 3.8) is 0 Å². The molecule has 0 heterocycles. The first-order valence-electron chi connectivity index (χ1n) is 6.62. The maximum atomic E-state index is 3.32. The van der Waals surface area contributed by atoms with Gasteiger partial charge >= 0.3 is 0 Å². The van der Waals surface area contributed by atoms with Gasteiger partial charge in [0.2, 0.25) is 0 Å². The van der Waals surface area contributed by atoms with Crippen molar-refractivity contribution in [1.82, 2.24) is 0 Å². The summed E-state index contributed by atoms with van der Waals surface area (Å²) in [4.78, 5) is 0. The highest BCUT2D eigenvalue weighted by molar-refractivity contribution is 5.56. The van der Waals surface area contributed by atoms with Gasteiger partial charge in [0, 0.05) is 0 Å². The van der Waals surface area contributed by atoms with Gasteiger partial charge in [-0.05, 0) is 54.4 Å². The van der Waals surface area contributed by atoms with Gasteiger partial charge in [-0.1, -0.05) is 50.3 Å². The Morgan fingerprint density at radius 1 is 1.41 bits per heavy atom. The number of allylic oxidation sites excluding steroid dienone is 3. The Bertz CT molecular complexity index is 421. The molecule has 0 atom stereocenters. The maximum absolute atomic E-state index is 3.32. The van der Waals surface area contributed by atoms with Crippen LogP contribution in [0.4, 0.5) is 0 Å². The van der Waals surface area contributed by atoms with Crippen LogP contribution in [0.5, 0.6) is 0 Å². The monoisotopic (exact) mass is 225 g/mol. The standard InChI is InChI=1S/C17H21/c1-14(2)11-16-9-6-10-17(13-16)12-15-7-4-3-5-8-15/h4,6-7,9,12-14H,3,5,8,11H2,1-2H3. The first kappa shape index (κ1) is 12.2. The molecule has 1 aliphatic rings. The molecule has 1 aliphatic carbocycles. The van der Waals surface area contributed by atoms with Crippen LogP contribution in [0, 0.1) is 12.0 Å². The van der Waals surface area contributed by atoms with Gasteiger partial charge < -0.3 is 0 Å². The van der Waals surface area contributed by atoms with Crippen LogP contribution in [0.15, 0.2) is 35.9 Å². The summed E-state index contributed by atoms with van der Waals surface area (Å²) in [5.41, 5.74) is 4.09. The predicted octanol–water partition coefficient (Wildman–Crippen LogP) is 4.81. The van der Waals surface area contributed by atoms with Crippen LogP contribution in [0.1, 0.15) is 44.2 Å². The van der Waals surface area contributed by atoms with Crippen molar-refractivity contribution in [2.75, 3.05) is 0 Å². The fourth-order valence-electron chi connectivity index (χ4n) is 2.28. The third-order valence-corrected chi connectivity index (χ3v) is 3.04. The largest absolute Gasteiger partial charge is 0.0843 e. The number of benzene rings is 1. The topological polar surface area (TPSA) is 0 Å². The van der Waals surface area contributed by atoms with E-state index in [0.717, 1.165) is 6.42 Å². The lowest BCUT2D eigenvalue weighted by atomic mass is 9.97. The van der Waals surface area contributed by atoms with Crippen LogP contribution in [0.3, 0.4) is 0 Å². The van der Waals surface area contributed by atoms with E-state index in [2.05, 4.69) is 56.3 Å². The van der Waals surface area contributed by atoms with E-state index in [1.54, 1.807) is 0 Å². The summed E-state index contributed by atoms with van der Waals surface area (Å²) in [6.45, 7) is 4.53. The van der Waals surface area contributed by atoms with E-state index >= 15 is 0 Å². The highest BCUT2D eigenvalue weighted by atomic mass is 14.1. The summed E-state index contributed by atoms with van der Waals surface area (Å²) in [5.74, 6) is 0.715. The van der Waals surface area contributed by atoms with E-state index in [9.17, 15) is 0 Å². The predicted molar refractivity (Wildman–Crippen MR) is 74.8 cm³/mol. The molecular weight excluding hydrogens is 204 g/mol. The Morgan fingerprint density at radius 2 is 2.29 bits per heavy atom. The summed E-state index contributed by atoms with van der Waals surface area (Å²) in [7, 11) is 0. The first-order valence-corrected chi connectivity index (χ1v) is 6.62. The van der Waals surface area contributed by atoms with Crippen molar-refractivity contribution in [1.29, 1.82) is 0 Å². The average molecular weight is 225 g/mol. The van der Waals surface area contributed by atoms with Gasteiger partial charge in [-0.25, -0.2) is 0 Å². The van der Waals surface area contributed by atoms with Crippen molar-refractivity contribution in [2.24, 2.45) is 5.92 Å². The van der Waals surface area contributed by atoms with E-state index in [1.807, 2.05) is 0 Å². The highest BCUT2D eigenvalue weighted by Gasteiger charge is 2.01. The fraction of sp³-hybridized carbons (Fsp3) is 0.412. The van der Waals surface area contributed by atoms with Crippen LogP contribution in [0.25, 0.3) is 6.08 Å². The molecular formula is C17H21. The minimum atomic E-state index is 0.715. The third-order valence-electron chi connectivity index (χ3n) is 3.04. The normalized spacial score (nSPS) is 17.9. The Morgan fingerprint density at radius 3 is 3.00 bits per heavy atom. The Balaban J connectivity index is 2.15. The molecule has 1 radical (unpaired) electrons. The van der Waals surface area contributed by atoms with Gasteiger partial charge in [0.05, 0.1) is 0 Å². The zero-order valence-corrected chi connectivity index (χ0v) is 10.9. The Labute approximate surface area is 105 Å². The summed E-state index contributed by atoms with van der Waals surface area (Å²) in [5, 5.41) is 0. The molecule has 0 amide bonds. The van der Waals surface area contributed by atoms with Crippen molar-refractivity contribution in [2.45, 2.75) is 39.5 Å².